The van der Waals surface area contributed by atoms with Crippen LogP contribution in [0.2, 0.25) is 0 Å². The summed E-state index contributed by atoms with van der Waals surface area (Å²) >= 11 is 1.76. The summed E-state index contributed by atoms with van der Waals surface area (Å²) in [4.78, 5) is 7.14. The van der Waals surface area contributed by atoms with Gasteiger partial charge in [-0.15, -0.1) is 0 Å². The number of thioether (sulfide) groups is 1. The standard InChI is InChI=1S/C14H21N3O2S/c1-17-9-2-3-10(17)5-8(4-9)13-15-14(19-16-13)11-6-20-7-12(11)18/h8-12,18H,2-7H2,1H3. The zero-order valence-electron chi connectivity index (χ0n) is 11.7. The molecule has 0 aliphatic carbocycles. The molecule has 110 valence electrons. The SMILES string of the molecule is CN1C2CCC1CC(c1noc(C3CSCC3O)n1)C2. The van der Waals surface area contributed by atoms with Crippen LogP contribution in [0, 0.1) is 0 Å². The zero-order chi connectivity index (χ0) is 13.7. The van der Waals surface area contributed by atoms with Gasteiger partial charge in [0.1, 0.15) is 0 Å². The second kappa shape index (κ2) is 5.00. The number of nitrogens with zero attached hydrogens (tertiary/aromatic N) is 3. The van der Waals surface area contributed by atoms with Gasteiger partial charge in [-0.2, -0.15) is 16.7 Å². The molecule has 3 fully saturated rings. The minimum absolute atomic E-state index is 0.0317. The molecule has 1 aromatic heterocycles. The molecule has 0 radical (unpaired) electrons. The van der Waals surface area contributed by atoms with E-state index in [1.165, 1.54) is 12.8 Å². The molecule has 3 aliphatic rings. The fraction of sp³-hybridized carbons (Fsp3) is 0.857. The molecular formula is C14H21N3O2S. The molecule has 4 unspecified atom stereocenters. The fourth-order valence-corrected chi connectivity index (χ4v) is 5.19. The van der Waals surface area contributed by atoms with Gasteiger partial charge in [0.15, 0.2) is 5.82 Å². The van der Waals surface area contributed by atoms with Crippen molar-refractivity contribution in [1.82, 2.24) is 15.0 Å². The van der Waals surface area contributed by atoms with Gasteiger partial charge in [-0.05, 0) is 32.7 Å². The molecule has 4 heterocycles. The first-order valence-electron chi connectivity index (χ1n) is 7.53. The molecule has 4 atom stereocenters. The number of rotatable bonds is 2. The molecule has 0 aromatic carbocycles. The van der Waals surface area contributed by atoms with Crippen LogP contribution in [0.4, 0.5) is 0 Å². The van der Waals surface area contributed by atoms with Crippen molar-refractivity contribution in [2.45, 2.75) is 55.7 Å². The highest BCUT2D eigenvalue weighted by molar-refractivity contribution is 7.99. The Bertz CT molecular complexity index is 481. The quantitative estimate of drug-likeness (QED) is 0.894. The van der Waals surface area contributed by atoms with Gasteiger partial charge in [0.2, 0.25) is 5.89 Å². The molecule has 4 rings (SSSR count). The van der Waals surface area contributed by atoms with E-state index in [1.807, 2.05) is 0 Å². The normalized spacial score (nSPS) is 41.4. The number of aliphatic hydroxyl groups excluding tert-OH is 1. The van der Waals surface area contributed by atoms with Crippen LogP contribution in [0.15, 0.2) is 4.52 Å². The van der Waals surface area contributed by atoms with E-state index in [0.29, 0.717) is 23.9 Å². The van der Waals surface area contributed by atoms with Gasteiger partial charge in [0.05, 0.1) is 12.0 Å². The van der Waals surface area contributed by atoms with Gasteiger partial charge in [0, 0.05) is 29.5 Å². The van der Waals surface area contributed by atoms with E-state index in [1.54, 1.807) is 11.8 Å². The molecule has 2 bridgehead atoms. The summed E-state index contributed by atoms with van der Waals surface area (Å²) in [6, 6.07) is 1.38. The number of aliphatic hydroxyl groups is 1. The smallest absolute Gasteiger partial charge is 0.233 e. The predicted molar refractivity (Wildman–Crippen MR) is 76.9 cm³/mol. The second-order valence-electron chi connectivity index (χ2n) is 6.42. The summed E-state index contributed by atoms with van der Waals surface area (Å²) in [5.41, 5.74) is 0. The van der Waals surface area contributed by atoms with Crippen LogP contribution >= 0.6 is 11.8 Å². The molecule has 0 spiro atoms. The third-order valence-corrected chi connectivity index (χ3v) is 6.46. The van der Waals surface area contributed by atoms with Crippen molar-refractivity contribution in [1.29, 1.82) is 0 Å². The van der Waals surface area contributed by atoms with E-state index >= 15 is 0 Å². The first kappa shape index (κ1) is 13.1. The van der Waals surface area contributed by atoms with Crippen LogP contribution in [0.3, 0.4) is 0 Å². The van der Waals surface area contributed by atoms with Gasteiger partial charge in [-0.25, -0.2) is 0 Å². The Morgan fingerprint density at radius 1 is 1.25 bits per heavy atom. The average molecular weight is 295 g/mol. The van der Waals surface area contributed by atoms with E-state index in [4.69, 9.17) is 4.52 Å². The molecular weight excluding hydrogens is 274 g/mol. The number of aromatic nitrogens is 2. The van der Waals surface area contributed by atoms with Crippen molar-refractivity contribution in [2.75, 3.05) is 18.6 Å². The van der Waals surface area contributed by atoms with Crippen molar-refractivity contribution in [2.24, 2.45) is 0 Å². The Kier molecular flexibility index (Phi) is 3.27. The molecule has 1 N–H and O–H groups in total. The summed E-state index contributed by atoms with van der Waals surface area (Å²) in [6.45, 7) is 0. The van der Waals surface area contributed by atoms with Gasteiger partial charge < -0.3 is 14.5 Å². The predicted octanol–water partition coefficient (Wildman–Crippen LogP) is 1.60. The van der Waals surface area contributed by atoms with Crippen molar-refractivity contribution < 1.29 is 9.63 Å². The first-order chi connectivity index (χ1) is 9.72. The van der Waals surface area contributed by atoms with E-state index in [0.717, 1.165) is 30.2 Å². The molecule has 1 aromatic rings. The molecule has 0 saturated carbocycles. The van der Waals surface area contributed by atoms with Crippen molar-refractivity contribution in [3.63, 3.8) is 0 Å². The van der Waals surface area contributed by atoms with Crippen LogP contribution in [-0.4, -0.2) is 56.9 Å². The molecule has 6 heteroatoms. The lowest BCUT2D eigenvalue weighted by molar-refractivity contribution is 0.157. The molecule has 20 heavy (non-hydrogen) atoms. The number of fused-ring (bicyclic) bond motifs is 2. The van der Waals surface area contributed by atoms with Crippen LogP contribution in [-0.2, 0) is 0 Å². The lowest BCUT2D eigenvalue weighted by atomic mass is 9.90. The van der Waals surface area contributed by atoms with Crippen LogP contribution < -0.4 is 0 Å². The monoisotopic (exact) mass is 295 g/mol. The number of piperidine rings is 1. The van der Waals surface area contributed by atoms with Crippen LogP contribution in [0.1, 0.15) is 49.2 Å². The summed E-state index contributed by atoms with van der Waals surface area (Å²) in [5, 5.41) is 14.2. The minimum Gasteiger partial charge on any atom is -0.391 e. The van der Waals surface area contributed by atoms with E-state index < -0.39 is 0 Å². The van der Waals surface area contributed by atoms with Crippen molar-refractivity contribution in [3.8, 4) is 0 Å². The van der Waals surface area contributed by atoms with Crippen molar-refractivity contribution in [3.05, 3.63) is 11.7 Å². The molecule has 5 nitrogen and oxygen atoms in total. The Morgan fingerprint density at radius 2 is 2.00 bits per heavy atom. The maximum atomic E-state index is 9.94. The first-order valence-corrected chi connectivity index (χ1v) is 8.69. The Hall–Kier alpha value is -0.590. The van der Waals surface area contributed by atoms with E-state index in [9.17, 15) is 5.11 Å². The van der Waals surface area contributed by atoms with Crippen LogP contribution in [0.5, 0.6) is 0 Å². The van der Waals surface area contributed by atoms with Gasteiger partial charge in [0.25, 0.3) is 0 Å². The number of hydrogen-bond donors (Lipinski definition) is 1. The summed E-state index contributed by atoms with van der Waals surface area (Å²) in [7, 11) is 2.24. The Labute approximate surface area is 123 Å². The third-order valence-electron chi connectivity index (χ3n) is 5.29. The Balaban J connectivity index is 1.51. The van der Waals surface area contributed by atoms with Gasteiger partial charge in [-0.3, -0.25) is 0 Å². The summed E-state index contributed by atoms with van der Waals surface area (Å²) in [5.74, 6) is 3.65. The number of hydrogen-bond acceptors (Lipinski definition) is 6. The second-order valence-corrected chi connectivity index (χ2v) is 7.50. The van der Waals surface area contributed by atoms with Crippen LogP contribution in [0.25, 0.3) is 0 Å². The van der Waals surface area contributed by atoms with E-state index in [-0.39, 0.29) is 12.0 Å². The van der Waals surface area contributed by atoms with Gasteiger partial charge in [-0.1, -0.05) is 5.16 Å². The molecule has 3 aliphatic heterocycles. The third kappa shape index (κ3) is 2.09. The summed E-state index contributed by atoms with van der Waals surface area (Å²) < 4.78 is 5.44. The van der Waals surface area contributed by atoms with E-state index in [2.05, 4.69) is 22.1 Å². The fourth-order valence-electron chi connectivity index (χ4n) is 3.96. The van der Waals surface area contributed by atoms with Crippen molar-refractivity contribution >= 4 is 11.8 Å². The Morgan fingerprint density at radius 3 is 2.65 bits per heavy atom. The maximum Gasteiger partial charge on any atom is 0.233 e. The lowest BCUT2D eigenvalue weighted by Crippen LogP contribution is -2.39. The molecule has 3 saturated heterocycles. The van der Waals surface area contributed by atoms with Gasteiger partial charge >= 0.3 is 0 Å². The lowest BCUT2D eigenvalue weighted by Gasteiger charge is -2.34. The molecule has 0 amide bonds. The average Bonchev–Trinajstić information content (AvgIpc) is 3.10. The highest BCUT2D eigenvalue weighted by Gasteiger charge is 2.41. The summed E-state index contributed by atoms with van der Waals surface area (Å²) in [6.07, 6.45) is 4.57. The highest BCUT2D eigenvalue weighted by atomic mass is 32.2. The largest absolute Gasteiger partial charge is 0.391 e. The zero-order valence-corrected chi connectivity index (χ0v) is 12.6. The highest BCUT2D eigenvalue weighted by Crippen LogP contribution is 2.41. The minimum atomic E-state index is -0.332. The topological polar surface area (TPSA) is 62.4 Å². The maximum absolute atomic E-state index is 9.94.